The van der Waals surface area contributed by atoms with Gasteiger partial charge in [-0.1, -0.05) is 6.92 Å². The Hall–Kier alpha value is -1.15. The molecule has 3 N–H and O–H groups in total. The number of hydrogen-bond acceptors (Lipinski definition) is 10. The van der Waals surface area contributed by atoms with Crippen molar-refractivity contribution in [2.45, 2.75) is 44.3 Å². The molecule has 0 spiro atoms. The van der Waals surface area contributed by atoms with Crippen LogP contribution in [-0.2, 0) is 23.1 Å². The minimum absolute atomic E-state index is 0. The third kappa shape index (κ3) is 4.33. The number of carbonyl (C=O) groups is 1. The molecular weight excluding hydrogens is 420 g/mol. The quantitative estimate of drug-likeness (QED) is 0.315. The second kappa shape index (κ2) is 8.53. The summed E-state index contributed by atoms with van der Waals surface area (Å²) in [5.74, 6) is -0.401. The predicted molar refractivity (Wildman–Crippen MR) is 90.0 cm³/mol. The Morgan fingerprint density at radius 2 is 2.31 bits per heavy atom. The van der Waals surface area contributed by atoms with Gasteiger partial charge in [0.25, 0.3) is 13.4 Å². The third-order valence-corrected chi connectivity index (χ3v) is 5.37. The summed E-state index contributed by atoms with van der Waals surface area (Å²) in [5.41, 5.74) is -0.584. The Balaban J connectivity index is 0.00000240. The number of nitrogens with zero attached hydrogens (tertiary/aromatic N) is 3. The number of imidazole rings is 1. The fourth-order valence-electron chi connectivity index (χ4n) is 3.15. The molecule has 0 radical (unpaired) electrons. The summed E-state index contributed by atoms with van der Waals surface area (Å²) < 4.78 is 27.8. The number of hydrogen-bond donors (Lipinski definition) is 3. The molecule has 2 aliphatic heterocycles. The van der Waals surface area contributed by atoms with Gasteiger partial charge < -0.3 is 23.8 Å². The van der Waals surface area contributed by atoms with Gasteiger partial charge in [0.1, 0.15) is 18.3 Å². The van der Waals surface area contributed by atoms with Gasteiger partial charge in [0.15, 0.2) is 17.4 Å². The maximum atomic E-state index is 12.2. The standard InChI is InChI=1S/C14H18N5O8P.Na/c1-2-3-7(20)16-14-17-11-8(12(22)18-14)15-5-19(11)13-9(21)10-6(26-13)4-25-28(23,24)27-10;/h5-6,9-10,13,21H,2-4H2,1H3,(H,23,24)(H2,16,17,18,20,22);/q;+1/p-1. The van der Waals surface area contributed by atoms with Gasteiger partial charge in [0.05, 0.1) is 12.9 Å². The molecule has 1 amide bonds. The summed E-state index contributed by atoms with van der Waals surface area (Å²) >= 11 is 0. The molecule has 2 aromatic rings. The molecule has 2 fully saturated rings. The Morgan fingerprint density at radius 3 is 3.03 bits per heavy atom. The fraction of sp³-hybridized carbons (Fsp3) is 0.571. The van der Waals surface area contributed by atoms with Gasteiger partial charge in [-0.3, -0.25) is 29.0 Å². The van der Waals surface area contributed by atoms with Crippen LogP contribution in [0.3, 0.4) is 0 Å². The zero-order valence-electron chi connectivity index (χ0n) is 15.6. The van der Waals surface area contributed by atoms with Crippen LogP contribution in [0.5, 0.6) is 0 Å². The summed E-state index contributed by atoms with van der Waals surface area (Å²) in [6.45, 7) is 1.52. The summed E-state index contributed by atoms with van der Waals surface area (Å²) in [6.07, 6.45) is -2.39. The molecule has 2 saturated heterocycles. The monoisotopic (exact) mass is 437 g/mol. The van der Waals surface area contributed by atoms with Gasteiger partial charge in [-0.15, -0.1) is 0 Å². The number of ether oxygens (including phenoxy) is 1. The van der Waals surface area contributed by atoms with Gasteiger partial charge in [-0.25, -0.2) is 4.98 Å². The fourth-order valence-corrected chi connectivity index (χ4v) is 4.10. The van der Waals surface area contributed by atoms with Gasteiger partial charge in [0, 0.05) is 6.42 Å². The minimum atomic E-state index is -4.52. The average Bonchev–Trinajstić information content (AvgIpc) is 3.16. The Bertz CT molecular complexity index is 1030. The first-order chi connectivity index (χ1) is 13.3. The number of fused-ring (bicyclic) bond motifs is 2. The summed E-state index contributed by atoms with van der Waals surface area (Å²) in [4.78, 5) is 46.1. The Morgan fingerprint density at radius 1 is 1.55 bits per heavy atom. The van der Waals surface area contributed by atoms with Crippen molar-refractivity contribution in [1.29, 1.82) is 0 Å². The van der Waals surface area contributed by atoms with E-state index in [4.69, 9.17) is 9.26 Å². The number of carbonyl (C=O) groups excluding carboxylic acids is 1. The molecule has 2 aromatic heterocycles. The van der Waals surface area contributed by atoms with E-state index in [1.54, 1.807) is 0 Å². The van der Waals surface area contributed by atoms with Crippen molar-refractivity contribution in [3.63, 3.8) is 0 Å². The minimum Gasteiger partial charge on any atom is -0.756 e. The summed E-state index contributed by atoms with van der Waals surface area (Å²) in [6, 6.07) is 0. The number of phosphoric ester groups is 1. The van der Waals surface area contributed by atoms with Crippen LogP contribution in [0.15, 0.2) is 11.1 Å². The molecule has 2 aliphatic rings. The normalized spacial score (nSPS) is 31.3. The summed E-state index contributed by atoms with van der Waals surface area (Å²) in [5, 5.41) is 13.0. The third-order valence-electron chi connectivity index (χ3n) is 4.40. The number of aromatic nitrogens is 4. The molecule has 4 rings (SSSR count). The maximum Gasteiger partial charge on any atom is 1.00 e. The molecule has 0 bridgehead atoms. The van der Waals surface area contributed by atoms with Gasteiger partial charge in [-0.2, -0.15) is 4.98 Å². The first-order valence-electron chi connectivity index (χ1n) is 8.53. The van der Waals surface area contributed by atoms with Crippen LogP contribution in [0, 0.1) is 0 Å². The zero-order chi connectivity index (χ0) is 20.1. The van der Waals surface area contributed by atoms with Crippen LogP contribution in [0.1, 0.15) is 26.0 Å². The van der Waals surface area contributed by atoms with Gasteiger partial charge in [0.2, 0.25) is 11.9 Å². The van der Waals surface area contributed by atoms with Crippen molar-refractivity contribution in [3.05, 3.63) is 16.7 Å². The van der Waals surface area contributed by atoms with E-state index in [2.05, 4.69) is 24.8 Å². The molecule has 5 unspecified atom stereocenters. The van der Waals surface area contributed by atoms with Crippen molar-refractivity contribution in [1.82, 2.24) is 19.5 Å². The van der Waals surface area contributed by atoms with E-state index >= 15 is 0 Å². The van der Waals surface area contributed by atoms with Crippen LogP contribution in [0.4, 0.5) is 5.95 Å². The molecule has 152 valence electrons. The van der Waals surface area contributed by atoms with E-state index < -0.39 is 37.9 Å². The van der Waals surface area contributed by atoms with E-state index in [9.17, 15) is 24.2 Å². The number of aromatic amines is 1. The van der Waals surface area contributed by atoms with Gasteiger partial charge in [-0.05, 0) is 6.42 Å². The van der Waals surface area contributed by atoms with Crippen molar-refractivity contribution < 1.29 is 62.7 Å². The van der Waals surface area contributed by atoms with Crippen molar-refractivity contribution in [3.8, 4) is 0 Å². The van der Waals surface area contributed by atoms with E-state index in [1.165, 1.54) is 10.9 Å². The van der Waals surface area contributed by atoms with Crippen LogP contribution in [-0.4, -0.2) is 55.5 Å². The predicted octanol–water partition coefficient (Wildman–Crippen LogP) is -4.00. The molecule has 4 heterocycles. The first-order valence-corrected chi connectivity index (χ1v) is 9.99. The van der Waals surface area contributed by atoms with E-state index in [0.717, 1.165) is 0 Å². The molecule has 13 nitrogen and oxygen atoms in total. The molecule has 0 aromatic carbocycles. The van der Waals surface area contributed by atoms with Crippen LogP contribution >= 0.6 is 7.82 Å². The Kier molecular flexibility index (Phi) is 6.63. The van der Waals surface area contributed by atoms with E-state index in [0.29, 0.717) is 6.42 Å². The average molecular weight is 437 g/mol. The number of H-pyrrole nitrogens is 1. The smallest absolute Gasteiger partial charge is 0.756 e. The number of nitrogens with one attached hydrogen (secondary N) is 2. The van der Waals surface area contributed by atoms with Crippen LogP contribution < -0.4 is 45.3 Å². The largest absolute Gasteiger partial charge is 1.00 e. The van der Waals surface area contributed by atoms with Crippen molar-refractivity contribution in [2.75, 3.05) is 11.9 Å². The molecule has 5 atom stereocenters. The molecule has 0 aliphatic carbocycles. The maximum absolute atomic E-state index is 12.2. The second-order valence-electron chi connectivity index (χ2n) is 6.41. The van der Waals surface area contributed by atoms with Crippen molar-refractivity contribution >= 4 is 30.8 Å². The van der Waals surface area contributed by atoms with Crippen LogP contribution in [0.2, 0.25) is 0 Å². The molecule has 29 heavy (non-hydrogen) atoms. The Labute approximate surface area is 185 Å². The van der Waals surface area contributed by atoms with Crippen LogP contribution in [0.25, 0.3) is 11.2 Å². The topological polar surface area (TPSA) is 181 Å². The molecular formula is C14H17N5NaO8P. The van der Waals surface area contributed by atoms with Crippen molar-refractivity contribution in [2.24, 2.45) is 0 Å². The number of anilines is 1. The molecule has 0 saturated carbocycles. The first kappa shape index (κ1) is 22.5. The van der Waals surface area contributed by atoms with E-state index in [1.807, 2.05) is 6.92 Å². The summed E-state index contributed by atoms with van der Waals surface area (Å²) in [7, 11) is -4.52. The second-order valence-corrected chi connectivity index (χ2v) is 7.77. The number of aliphatic hydroxyl groups excluding tert-OH is 1. The van der Waals surface area contributed by atoms with E-state index in [-0.39, 0.29) is 65.6 Å². The SMILES string of the molecule is CCCC(=O)Nc1nc2c(ncn2C2OC3COP(=O)([O-])OC3C2O)c(=O)[nH]1.[Na+]. The zero-order valence-corrected chi connectivity index (χ0v) is 18.5. The van der Waals surface area contributed by atoms with Gasteiger partial charge >= 0.3 is 29.6 Å². The number of amides is 1. The number of phosphoric acid groups is 1. The molecule has 15 heteroatoms. The number of rotatable bonds is 4. The number of aliphatic hydroxyl groups is 1.